The number of rotatable bonds is 3. The predicted molar refractivity (Wildman–Crippen MR) is 58.7 cm³/mol. The third-order valence-corrected chi connectivity index (χ3v) is 2.81. The highest BCUT2D eigenvalue weighted by Crippen LogP contribution is 2.23. The van der Waals surface area contributed by atoms with E-state index in [1.807, 2.05) is 18.2 Å². The van der Waals surface area contributed by atoms with Gasteiger partial charge in [0.15, 0.2) is 0 Å². The van der Waals surface area contributed by atoms with Gasteiger partial charge in [-0.3, -0.25) is 4.90 Å². The van der Waals surface area contributed by atoms with Gasteiger partial charge in [-0.05, 0) is 5.56 Å². The molecular weight excluding hydrogens is 190 g/mol. The molecule has 1 aromatic rings. The van der Waals surface area contributed by atoms with E-state index in [0.717, 1.165) is 26.3 Å². The van der Waals surface area contributed by atoms with Gasteiger partial charge in [-0.2, -0.15) is 0 Å². The first-order valence-electron chi connectivity index (χ1n) is 5.39. The molecule has 1 unspecified atom stereocenters. The Morgan fingerprint density at radius 1 is 1.33 bits per heavy atom. The zero-order valence-corrected chi connectivity index (χ0v) is 8.80. The summed E-state index contributed by atoms with van der Waals surface area (Å²) in [4.78, 5) is 2.28. The molecule has 0 aromatic heterocycles. The Morgan fingerprint density at radius 2 is 2.13 bits per heavy atom. The Bertz CT molecular complexity index is 287. The van der Waals surface area contributed by atoms with Gasteiger partial charge in [0.1, 0.15) is 0 Å². The molecule has 1 aliphatic heterocycles. The van der Waals surface area contributed by atoms with Gasteiger partial charge in [0.2, 0.25) is 0 Å². The number of β-amino-alcohol motifs (C(OH)–C–C–N with tert-alkyl or cyclic N) is 1. The van der Waals surface area contributed by atoms with Crippen LogP contribution >= 0.6 is 0 Å². The zero-order valence-electron chi connectivity index (χ0n) is 8.80. The number of aliphatic hydroxyl groups excluding tert-OH is 1. The SMILES string of the molecule is OCCN1CCOCC1c1ccccc1. The van der Waals surface area contributed by atoms with Gasteiger partial charge >= 0.3 is 0 Å². The number of hydrogen-bond acceptors (Lipinski definition) is 3. The second kappa shape index (κ2) is 5.26. The molecule has 15 heavy (non-hydrogen) atoms. The molecular formula is C12H17NO2. The lowest BCUT2D eigenvalue weighted by atomic mass is 10.1. The molecule has 0 aliphatic carbocycles. The van der Waals surface area contributed by atoms with Crippen molar-refractivity contribution >= 4 is 0 Å². The summed E-state index contributed by atoms with van der Waals surface area (Å²) in [6.45, 7) is 3.33. The summed E-state index contributed by atoms with van der Waals surface area (Å²) in [7, 11) is 0. The van der Waals surface area contributed by atoms with Crippen molar-refractivity contribution in [3.05, 3.63) is 35.9 Å². The minimum absolute atomic E-state index is 0.212. The maximum atomic E-state index is 9.00. The highest BCUT2D eigenvalue weighted by Gasteiger charge is 2.23. The van der Waals surface area contributed by atoms with Gasteiger partial charge in [0, 0.05) is 13.1 Å². The number of ether oxygens (including phenoxy) is 1. The van der Waals surface area contributed by atoms with Crippen molar-refractivity contribution in [3.8, 4) is 0 Å². The summed E-state index contributed by atoms with van der Waals surface area (Å²) in [6.07, 6.45) is 0. The predicted octanol–water partition coefficient (Wildman–Crippen LogP) is 1.05. The lowest BCUT2D eigenvalue weighted by Crippen LogP contribution is -2.40. The van der Waals surface area contributed by atoms with E-state index in [9.17, 15) is 0 Å². The van der Waals surface area contributed by atoms with Crippen LogP contribution in [0, 0.1) is 0 Å². The molecule has 1 saturated heterocycles. The van der Waals surface area contributed by atoms with Crippen molar-refractivity contribution in [2.75, 3.05) is 32.9 Å². The largest absolute Gasteiger partial charge is 0.395 e. The van der Waals surface area contributed by atoms with Crippen LogP contribution in [0.5, 0.6) is 0 Å². The molecule has 1 aromatic carbocycles. The van der Waals surface area contributed by atoms with Crippen LogP contribution in [0.2, 0.25) is 0 Å². The van der Waals surface area contributed by atoms with Crippen molar-refractivity contribution in [1.29, 1.82) is 0 Å². The van der Waals surface area contributed by atoms with Crippen LogP contribution in [0.25, 0.3) is 0 Å². The summed E-state index contributed by atoms with van der Waals surface area (Å²) >= 11 is 0. The molecule has 0 saturated carbocycles. The molecule has 2 rings (SSSR count). The number of benzene rings is 1. The van der Waals surface area contributed by atoms with E-state index < -0.39 is 0 Å². The van der Waals surface area contributed by atoms with E-state index in [1.54, 1.807) is 0 Å². The van der Waals surface area contributed by atoms with Crippen molar-refractivity contribution in [2.24, 2.45) is 0 Å². The average molecular weight is 207 g/mol. The molecule has 0 spiro atoms. The minimum atomic E-state index is 0.212. The number of morpholine rings is 1. The Labute approximate surface area is 90.3 Å². The molecule has 1 heterocycles. The molecule has 3 nitrogen and oxygen atoms in total. The van der Waals surface area contributed by atoms with E-state index in [2.05, 4.69) is 17.0 Å². The van der Waals surface area contributed by atoms with Gasteiger partial charge in [0.05, 0.1) is 25.9 Å². The van der Waals surface area contributed by atoms with E-state index in [4.69, 9.17) is 9.84 Å². The number of hydrogen-bond donors (Lipinski definition) is 1. The van der Waals surface area contributed by atoms with Gasteiger partial charge in [0.25, 0.3) is 0 Å². The van der Waals surface area contributed by atoms with Crippen molar-refractivity contribution in [2.45, 2.75) is 6.04 Å². The Morgan fingerprint density at radius 3 is 2.87 bits per heavy atom. The van der Waals surface area contributed by atoms with Gasteiger partial charge in [-0.25, -0.2) is 0 Å². The summed E-state index contributed by atoms with van der Waals surface area (Å²) in [5.74, 6) is 0. The van der Waals surface area contributed by atoms with Crippen LogP contribution in [0.1, 0.15) is 11.6 Å². The van der Waals surface area contributed by atoms with E-state index in [0.29, 0.717) is 6.04 Å². The topological polar surface area (TPSA) is 32.7 Å². The van der Waals surface area contributed by atoms with Crippen LogP contribution in [-0.4, -0.2) is 42.9 Å². The summed E-state index contributed by atoms with van der Waals surface area (Å²) < 4.78 is 5.49. The van der Waals surface area contributed by atoms with Crippen LogP contribution in [-0.2, 0) is 4.74 Å². The van der Waals surface area contributed by atoms with E-state index in [1.165, 1.54) is 5.56 Å². The van der Waals surface area contributed by atoms with Gasteiger partial charge in [-0.15, -0.1) is 0 Å². The first-order valence-corrected chi connectivity index (χ1v) is 5.39. The van der Waals surface area contributed by atoms with Gasteiger partial charge in [-0.1, -0.05) is 30.3 Å². The lowest BCUT2D eigenvalue weighted by molar-refractivity contribution is -0.0146. The van der Waals surface area contributed by atoms with Crippen LogP contribution in [0.3, 0.4) is 0 Å². The molecule has 82 valence electrons. The summed E-state index contributed by atoms with van der Waals surface area (Å²) in [5.41, 5.74) is 1.27. The van der Waals surface area contributed by atoms with Crippen molar-refractivity contribution in [1.82, 2.24) is 4.90 Å². The average Bonchev–Trinajstić information content (AvgIpc) is 2.31. The first kappa shape index (κ1) is 10.6. The molecule has 1 fully saturated rings. The quantitative estimate of drug-likeness (QED) is 0.804. The molecule has 1 aliphatic rings. The van der Waals surface area contributed by atoms with Gasteiger partial charge < -0.3 is 9.84 Å². The third-order valence-electron chi connectivity index (χ3n) is 2.81. The maximum Gasteiger partial charge on any atom is 0.0664 e. The van der Waals surface area contributed by atoms with E-state index >= 15 is 0 Å². The monoisotopic (exact) mass is 207 g/mol. The Balaban J connectivity index is 2.11. The number of aliphatic hydroxyl groups is 1. The molecule has 0 amide bonds. The van der Waals surface area contributed by atoms with Crippen molar-refractivity contribution in [3.63, 3.8) is 0 Å². The second-order valence-corrected chi connectivity index (χ2v) is 3.76. The summed E-state index contributed by atoms with van der Waals surface area (Å²) in [6, 6.07) is 10.6. The second-order valence-electron chi connectivity index (χ2n) is 3.76. The molecule has 0 bridgehead atoms. The minimum Gasteiger partial charge on any atom is -0.395 e. The normalized spacial score (nSPS) is 22.9. The first-order chi connectivity index (χ1) is 7.42. The highest BCUT2D eigenvalue weighted by atomic mass is 16.5. The third kappa shape index (κ3) is 2.56. The van der Waals surface area contributed by atoms with Crippen molar-refractivity contribution < 1.29 is 9.84 Å². The van der Waals surface area contributed by atoms with Crippen LogP contribution in [0.15, 0.2) is 30.3 Å². The zero-order chi connectivity index (χ0) is 10.5. The molecule has 1 N–H and O–H groups in total. The fraction of sp³-hybridized carbons (Fsp3) is 0.500. The Hall–Kier alpha value is -0.900. The fourth-order valence-electron chi connectivity index (χ4n) is 2.02. The fourth-order valence-corrected chi connectivity index (χ4v) is 2.02. The Kier molecular flexibility index (Phi) is 3.72. The van der Waals surface area contributed by atoms with Crippen LogP contribution < -0.4 is 0 Å². The molecule has 3 heteroatoms. The number of nitrogens with zero attached hydrogens (tertiary/aromatic N) is 1. The van der Waals surface area contributed by atoms with E-state index in [-0.39, 0.29) is 6.61 Å². The standard InChI is InChI=1S/C12H17NO2/c14-8-6-13-7-9-15-10-12(13)11-4-2-1-3-5-11/h1-5,12,14H,6-10H2. The highest BCUT2D eigenvalue weighted by molar-refractivity contribution is 5.19. The molecule has 0 radical (unpaired) electrons. The smallest absolute Gasteiger partial charge is 0.0664 e. The summed E-state index contributed by atoms with van der Waals surface area (Å²) in [5, 5.41) is 9.00. The lowest BCUT2D eigenvalue weighted by Gasteiger charge is -2.35. The van der Waals surface area contributed by atoms with Crippen LogP contribution in [0.4, 0.5) is 0 Å². The molecule has 1 atom stereocenters. The maximum absolute atomic E-state index is 9.00.